The van der Waals surface area contributed by atoms with E-state index in [-0.39, 0.29) is 42.0 Å². The molecule has 0 bridgehead atoms. The number of hydrogen-bond acceptors (Lipinski definition) is 7. The fourth-order valence-electron chi connectivity index (χ4n) is 5.26. The molecule has 3 unspecified atom stereocenters. The third kappa shape index (κ3) is 5.99. The molecule has 3 amide bonds. The highest BCUT2D eigenvalue weighted by molar-refractivity contribution is 5.98. The van der Waals surface area contributed by atoms with Crippen molar-refractivity contribution in [3.8, 4) is 0 Å². The molecule has 1 aromatic carbocycles. The van der Waals surface area contributed by atoms with Gasteiger partial charge in [-0.25, -0.2) is 0 Å². The van der Waals surface area contributed by atoms with Gasteiger partial charge in [0.1, 0.15) is 6.04 Å². The summed E-state index contributed by atoms with van der Waals surface area (Å²) in [6, 6.07) is 5.99. The minimum Gasteiger partial charge on any atom is -0.399 e. The Labute approximate surface area is 206 Å². The topological polar surface area (TPSA) is 128 Å². The van der Waals surface area contributed by atoms with Crippen LogP contribution in [0.3, 0.4) is 0 Å². The van der Waals surface area contributed by atoms with Crippen molar-refractivity contribution in [1.82, 2.24) is 25.3 Å². The summed E-state index contributed by atoms with van der Waals surface area (Å²) in [4.78, 5) is 56.5. The van der Waals surface area contributed by atoms with E-state index < -0.39 is 6.04 Å². The Kier molecular flexibility index (Phi) is 8.02. The average molecular weight is 485 g/mol. The largest absolute Gasteiger partial charge is 0.399 e. The van der Waals surface area contributed by atoms with E-state index in [4.69, 9.17) is 5.73 Å². The summed E-state index contributed by atoms with van der Waals surface area (Å²) in [7, 11) is 0. The normalized spacial score (nSPS) is 23.3. The lowest BCUT2D eigenvalue weighted by Gasteiger charge is -2.30. The number of benzene rings is 1. The lowest BCUT2D eigenvalue weighted by molar-refractivity contribution is -0.137. The summed E-state index contributed by atoms with van der Waals surface area (Å²) >= 11 is 0. The first kappa shape index (κ1) is 25.1. The molecule has 0 spiro atoms. The van der Waals surface area contributed by atoms with Crippen LogP contribution in [0.5, 0.6) is 0 Å². The van der Waals surface area contributed by atoms with Crippen molar-refractivity contribution in [2.24, 2.45) is 5.92 Å². The van der Waals surface area contributed by atoms with Crippen LogP contribution < -0.4 is 16.4 Å². The average Bonchev–Trinajstić information content (AvgIpc) is 3.41. The molecule has 3 saturated heterocycles. The van der Waals surface area contributed by atoms with Crippen LogP contribution in [0.4, 0.5) is 5.69 Å². The number of rotatable bonds is 8. The number of amides is 3. The van der Waals surface area contributed by atoms with Crippen LogP contribution in [0.25, 0.3) is 0 Å². The highest BCUT2D eigenvalue weighted by Gasteiger charge is 2.51. The number of nitrogens with two attached hydrogens (primary N) is 1. The number of ketones is 1. The maximum absolute atomic E-state index is 13.0. The maximum atomic E-state index is 13.0. The summed E-state index contributed by atoms with van der Waals surface area (Å²) in [6.45, 7) is 6.72. The fourth-order valence-corrected chi connectivity index (χ4v) is 5.26. The Balaban J connectivity index is 1.23. The summed E-state index contributed by atoms with van der Waals surface area (Å²) in [5.74, 6) is -0.243. The second-order valence-corrected chi connectivity index (χ2v) is 9.88. The van der Waals surface area contributed by atoms with Gasteiger partial charge >= 0.3 is 0 Å². The first-order chi connectivity index (χ1) is 16.8. The summed E-state index contributed by atoms with van der Waals surface area (Å²) in [6.07, 6.45) is 1.60. The monoisotopic (exact) mass is 484 g/mol. The van der Waals surface area contributed by atoms with Crippen molar-refractivity contribution in [1.29, 1.82) is 0 Å². The van der Waals surface area contributed by atoms with Crippen LogP contribution in [-0.2, 0) is 14.4 Å². The first-order valence-electron chi connectivity index (χ1n) is 12.5. The zero-order chi connectivity index (χ0) is 24.9. The number of nitrogen functional groups attached to an aromatic ring is 1. The molecule has 0 saturated carbocycles. The highest BCUT2D eigenvalue weighted by atomic mass is 16.2. The van der Waals surface area contributed by atoms with E-state index in [1.807, 2.05) is 6.92 Å². The lowest BCUT2D eigenvalue weighted by atomic mass is 10.0. The Morgan fingerprint density at radius 1 is 1.09 bits per heavy atom. The molecule has 35 heavy (non-hydrogen) atoms. The van der Waals surface area contributed by atoms with Crippen molar-refractivity contribution in [2.45, 2.75) is 38.3 Å². The molecule has 3 aliphatic rings. The molecule has 0 radical (unpaired) electrons. The van der Waals surface area contributed by atoms with Crippen molar-refractivity contribution >= 4 is 29.2 Å². The van der Waals surface area contributed by atoms with Gasteiger partial charge in [-0.1, -0.05) is 6.92 Å². The Hall–Kier alpha value is -2.98. The second-order valence-electron chi connectivity index (χ2n) is 9.88. The van der Waals surface area contributed by atoms with Gasteiger partial charge in [-0.15, -0.1) is 0 Å². The molecule has 190 valence electrons. The minimum atomic E-state index is -0.521. The minimum absolute atomic E-state index is 0.0211. The lowest BCUT2D eigenvalue weighted by Crippen LogP contribution is -2.50. The van der Waals surface area contributed by atoms with Gasteiger partial charge in [-0.05, 0) is 43.0 Å². The molecular weight excluding hydrogens is 448 g/mol. The quantitative estimate of drug-likeness (QED) is 0.432. The van der Waals surface area contributed by atoms with Gasteiger partial charge in [0.25, 0.3) is 5.91 Å². The van der Waals surface area contributed by atoms with Crippen molar-refractivity contribution < 1.29 is 19.2 Å². The molecule has 3 heterocycles. The molecule has 4 rings (SSSR count). The SMILES string of the molecule is CC(CCNC(=O)c1ccc(N)cc1)CC(=O)N1CCC2C1C(=O)CN2C(=O)CN1CCNCC1. The fraction of sp³-hybridized carbons (Fsp3) is 0.600. The molecule has 1 aromatic rings. The van der Waals surface area contributed by atoms with E-state index in [0.29, 0.717) is 50.1 Å². The van der Waals surface area contributed by atoms with Gasteiger partial charge in [-0.3, -0.25) is 24.1 Å². The number of nitrogens with zero attached hydrogens (tertiary/aromatic N) is 3. The van der Waals surface area contributed by atoms with E-state index in [1.165, 1.54) is 0 Å². The second kappa shape index (κ2) is 11.2. The number of piperazine rings is 1. The van der Waals surface area contributed by atoms with E-state index in [2.05, 4.69) is 15.5 Å². The highest BCUT2D eigenvalue weighted by Crippen LogP contribution is 2.31. The number of carbonyl (C=O) groups is 4. The van der Waals surface area contributed by atoms with Crippen LogP contribution in [0.1, 0.15) is 36.5 Å². The maximum Gasteiger partial charge on any atom is 0.251 e. The molecule has 3 atom stereocenters. The van der Waals surface area contributed by atoms with Crippen molar-refractivity contribution in [3.63, 3.8) is 0 Å². The smallest absolute Gasteiger partial charge is 0.251 e. The summed E-state index contributed by atoms with van der Waals surface area (Å²) < 4.78 is 0. The van der Waals surface area contributed by atoms with Gasteiger partial charge in [0.15, 0.2) is 5.78 Å². The van der Waals surface area contributed by atoms with Gasteiger partial charge in [-0.2, -0.15) is 0 Å². The van der Waals surface area contributed by atoms with Crippen LogP contribution in [0.15, 0.2) is 24.3 Å². The number of Topliss-reactive ketones (excluding diaryl/α,β-unsaturated/α-hetero) is 1. The number of anilines is 1. The van der Waals surface area contributed by atoms with Crippen LogP contribution in [-0.4, -0.2) is 103 Å². The number of fused-ring (bicyclic) bond motifs is 1. The van der Waals surface area contributed by atoms with Gasteiger partial charge in [0, 0.05) is 56.9 Å². The number of carbonyl (C=O) groups excluding carboxylic acids is 4. The van der Waals surface area contributed by atoms with E-state index in [9.17, 15) is 19.2 Å². The zero-order valence-electron chi connectivity index (χ0n) is 20.4. The van der Waals surface area contributed by atoms with Crippen molar-refractivity contribution in [2.75, 3.05) is 58.1 Å². The molecule has 0 aromatic heterocycles. The first-order valence-corrected chi connectivity index (χ1v) is 12.5. The number of likely N-dealkylation sites (tertiary alicyclic amines) is 2. The van der Waals surface area contributed by atoms with Gasteiger partial charge in [0.05, 0.1) is 19.1 Å². The summed E-state index contributed by atoms with van der Waals surface area (Å²) in [5.41, 5.74) is 6.80. The molecule has 3 fully saturated rings. The van der Waals surface area contributed by atoms with Gasteiger partial charge < -0.3 is 26.2 Å². The zero-order valence-corrected chi connectivity index (χ0v) is 20.4. The summed E-state index contributed by atoms with van der Waals surface area (Å²) in [5, 5.41) is 6.15. The van der Waals surface area contributed by atoms with Crippen LogP contribution >= 0.6 is 0 Å². The van der Waals surface area contributed by atoms with Crippen LogP contribution in [0, 0.1) is 5.92 Å². The van der Waals surface area contributed by atoms with E-state index in [0.717, 1.165) is 26.2 Å². The predicted molar refractivity (Wildman–Crippen MR) is 132 cm³/mol. The van der Waals surface area contributed by atoms with Crippen LogP contribution in [0.2, 0.25) is 0 Å². The van der Waals surface area contributed by atoms with Crippen molar-refractivity contribution in [3.05, 3.63) is 29.8 Å². The van der Waals surface area contributed by atoms with E-state index in [1.54, 1.807) is 34.1 Å². The number of hydrogen-bond donors (Lipinski definition) is 3. The standard InChI is InChI=1S/C25H36N6O4/c1-17(6-8-28-25(35)18-2-4-19(26)5-3-18)14-22(33)30-11-7-20-24(30)21(32)15-31(20)23(34)16-29-12-9-27-10-13-29/h2-5,17,20,24,27H,6-16,26H2,1H3,(H,28,35). The molecule has 0 aliphatic carbocycles. The Morgan fingerprint density at radius 2 is 1.80 bits per heavy atom. The molecular formula is C25H36N6O4. The predicted octanol–water partition coefficient (Wildman–Crippen LogP) is -0.299. The molecule has 3 aliphatic heterocycles. The molecule has 10 nitrogen and oxygen atoms in total. The number of nitrogens with one attached hydrogen (secondary N) is 2. The molecule has 4 N–H and O–H groups in total. The third-order valence-electron chi connectivity index (χ3n) is 7.25. The Morgan fingerprint density at radius 3 is 2.51 bits per heavy atom. The Bertz CT molecular complexity index is 946. The molecule has 10 heteroatoms. The third-order valence-corrected chi connectivity index (χ3v) is 7.25. The van der Waals surface area contributed by atoms with Gasteiger partial charge in [0.2, 0.25) is 11.8 Å². The van der Waals surface area contributed by atoms with E-state index >= 15 is 0 Å².